The Balaban J connectivity index is 2.01. The highest BCUT2D eigenvalue weighted by Gasteiger charge is 2.19. The number of hydrogen-bond acceptors (Lipinski definition) is 3. The summed E-state index contributed by atoms with van der Waals surface area (Å²) in [6.07, 6.45) is 4.02. The summed E-state index contributed by atoms with van der Waals surface area (Å²) >= 11 is 0. The zero-order valence-electron chi connectivity index (χ0n) is 10.5. The summed E-state index contributed by atoms with van der Waals surface area (Å²) in [5, 5.41) is 3.55. The Morgan fingerprint density at radius 3 is 2.60 bits per heavy atom. The van der Waals surface area contributed by atoms with Crippen LogP contribution in [0.25, 0.3) is 0 Å². The normalized spacial score (nSPS) is 16.6. The van der Waals surface area contributed by atoms with Gasteiger partial charge in [-0.2, -0.15) is 0 Å². The summed E-state index contributed by atoms with van der Waals surface area (Å²) in [4.78, 5) is 2.48. The molecular formula is C12H26N2O. The SMILES string of the molecule is COCCN(CCCNC1CC1)C(C)C. The molecule has 0 bridgehead atoms. The maximum atomic E-state index is 5.12. The third-order valence-corrected chi connectivity index (χ3v) is 2.95. The fourth-order valence-corrected chi connectivity index (χ4v) is 1.71. The fraction of sp³-hybridized carbons (Fsp3) is 1.00. The van der Waals surface area contributed by atoms with E-state index in [-0.39, 0.29) is 0 Å². The lowest BCUT2D eigenvalue weighted by Gasteiger charge is -2.26. The van der Waals surface area contributed by atoms with Gasteiger partial charge in [0.2, 0.25) is 0 Å². The molecule has 1 rings (SSSR count). The molecule has 3 nitrogen and oxygen atoms in total. The molecule has 0 atom stereocenters. The van der Waals surface area contributed by atoms with Crippen LogP contribution in [0.1, 0.15) is 33.1 Å². The third-order valence-electron chi connectivity index (χ3n) is 2.95. The lowest BCUT2D eigenvalue weighted by Crippen LogP contribution is -2.36. The van der Waals surface area contributed by atoms with E-state index in [1.807, 2.05) is 0 Å². The molecule has 1 saturated carbocycles. The van der Waals surface area contributed by atoms with Gasteiger partial charge in [-0.15, -0.1) is 0 Å². The Kier molecular flexibility index (Phi) is 6.22. The molecule has 0 spiro atoms. The van der Waals surface area contributed by atoms with E-state index in [4.69, 9.17) is 4.74 Å². The maximum Gasteiger partial charge on any atom is 0.0589 e. The van der Waals surface area contributed by atoms with Crippen molar-refractivity contribution in [2.24, 2.45) is 0 Å². The van der Waals surface area contributed by atoms with E-state index in [2.05, 4.69) is 24.1 Å². The molecule has 0 amide bonds. The predicted octanol–water partition coefficient (Wildman–Crippen LogP) is 1.49. The van der Waals surface area contributed by atoms with Gasteiger partial charge in [-0.3, -0.25) is 4.90 Å². The molecule has 1 aliphatic carbocycles. The summed E-state index contributed by atoms with van der Waals surface area (Å²) in [5.41, 5.74) is 0. The summed E-state index contributed by atoms with van der Waals surface area (Å²) in [6, 6.07) is 1.47. The van der Waals surface area contributed by atoms with Crippen molar-refractivity contribution in [2.75, 3.05) is 33.4 Å². The first kappa shape index (κ1) is 12.9. The van der Waals surface area contributed by atoms with Gasteiger partial charge in [0.25, 0.3) is 0 Å². The Hall–Kier alpha value is -0.120. The number of methoxy groups -OCH3 is 1. The highest BCUT2D eigenvalue weighted by Crippen LogP contribution is 2.18. The highest BCUT2D eigenvalue weighted by atomic mass is 16.5. The molecule has 0 aromatic carbocycles. The molecule has 0 aromatic rings. The van der Waals surface area contributed by atoms with Crippen LogP contribution in [0.4, 0.5) is 0 Å². The van der Waals surface area contributed by atoms with Crippen molar-refractivity contribution in [3.63, 3.8) is 0 Å². The van der Waals surface area contributed by atoms with E-state index < -0.39 is 0 Å². The minimum Gasteiger partial charge on any atom is -0.383 e. The molecule has 0 heterocycles. The van der Waals surface area contributed by atoms with Crippen molar-refractivity contribution in [2.45, 2.75) is 45.2 Å². The Morgan fingerprint density at radius 1 is 1.33 bits per heavy atom. The molecule has 0 unspecified atom stereocenters. The Labute approximate surface area is 94.2 Å². The minimum absolute atomic E-state index is 0.626. The molecule has 0 aromatic heterocycles. The van der Waals surface area contributed by atoms with Crippen LogP contribution in [0, 0.1) is 0 Å². The van der Waals surface area contributed by atoms with Crippen LogP contribution < -0.4 is 5.32 Å². The van der Waals surface area contributed by atoms with Crippen LogP contribution in [-0.4, -0.2) is 50.3 Å². The summed E-state index contributed by atoms with van der Waals surface area (Å²) in [5.74, 6) is 0. The van der Waals surface area contributed by atoms with Gasteiger partial charge in [0.15, 0.2) is 0 Å². The largest absolute Gasteiger partial charge is 0.383 e. The second-order valence-corrected chi connectivity index (χ2v) is 4.70. The van der Waals surface area contributed by atoms with Gasteiger partial charge in [0.05, 0.1) is 6.61 Å². The summed E-state index contributed by atoms with van der Waals surface area (Å²) in [6.45, 7) is 8.75. The molecule has 0 aliphatic heterocycles. The van der Waals surface area contributed by atoms with E-state index in [1.54, 1.807) is 7.11 Å². The van der Waals surface area contributed by atoms with Crippen molar-refractivity contribution in [3.8, 4) is 0 Å². The second-order valence-electron chi connectivity index (χ2n) is 4.70. The first-order chi connectivity index (χ1) is 7.24. The van der Waals surface area contributed by atoms with Crippen molar-refractivity contribution >= 4 is 0 Å². The zero-order chi connectivity index (χ0) is 11.1. The first-order valence-corrected chi connectivity index (χ1v) is 6.20. The fourth-order valence-electron chi connectivity index (χ4n) is 1.71. The average Bonchev–Trinajstić information content (AvgIpc) is 3.00. The predicted molar refractivity (Wildman–Crippen MR) is 64.2 cm³/mol. The van der Waals surface area contributed by atoms with Crippen LogP contribution in [-0.2, 0) is 4.74 Å². The lowest BCUT2D eigenvalue weighted by molar-refractivity contribution is 0.128. The van der Waals surface area contributed by atoms with Gasteiger partial charge in [-0.1, -0.05) is 0 Å². The van der Waals surface area contributed by atoms with Crippen molar-refractivity contribution in [1.82, 2.24) is 10.2 Å². The van der Waals surface area contributed by atoms with E-state index in [0.29, 0.717) is 6.04 Å². The van der Waals surface area contributed by atoms with Crippen molar-refractivity contribution in [1.29, 1.82) is 0 Å². The van der Waals surface area contributed by atoms with Gasteiger partial charge < -0.3 is 10.1 Å². The number of rotatable bonds is 9. The Morgan fingerprint density at radius 2 is 2.07 bits per heavy atom. The molecule has 0 radical (unpaired) electrons. The average molecular weight is 214 g/mol. The summed E-state index contributed by atoms with van der Waals surface area (Å²) < 4.78 is 5.12. The first-order valence-electron chi connectivity index (χ1n) is 6.20. The lowest BCUT2D eigenvalue weighted by atomic mass is 10.3. The van der Waals surface area contributed by atoms with Crippen LogP contribution in [0.2, 0.25) is 0 Å². The van der Waals surface area contributed by atoms with Gasteiger partial charge in [0.1, 0.15) is 0 Å². The van der Waals surface area contributed by atoms with Crippen molar-refractivity contribution in [3.05, 3.63) is 0 Å². The molecular weight excluding hydrogens is 188 g/mol. The van der Waals surface area contributed by atoms with Crippen molar-refractivity contribution < 1.29 is 4.74 Å². The monoisotopic (exact) mass is 214 g/mol. The molecule has 0 saturated heterocycles. The molecule has 90 valence electrons. The zero-order valence-corrected chi connectivity index (χ0v) is 10.5. The van der Waals surface area contributed by atoms with E-state index in [0.717, 1.165) is 19.2 Å². The third kappa shape index (κ3) is 6.13. The molecule has 1 aliphatic rings. The quantitative estimate of drug-likeness (QED) is 0.589. The van der Waals surface area contributed by atoms with E-state index >= 15 is 0 Å². The minimum atomic E-state index is 0.626. The summed E-state index contributed by atoms with van der Waals surface area (Å²) in [7, 11) is 1.77. The number of hydrogen-bond donors (Lipinski definition) is 1. The maximum absolute atomic E-state index is 5.12. The van der Waals surface area contributed by atoms with Crippen LogP contribution in [0.3, 0.4) is 0 Å². The van der Waals surface area contributed by atoms with Gasteiger partial charge in [-0.25, -0.2) is 0 Å². The van der Waals surface area contributed by atoms with Crippen LogP contribution in [0.5, 0.6) is 0 Å². The molecule has 1 N–H and O–H groups in total. The molecule has 1 fully saturated rings. The van der Waals surface area contributed by atoms with Gasteiger partial charge in [-0.05, 0) is 46.2 Å². The number of ether oxygens (including phenoxy) is 1. The molecule has 3 heteroatoms. The number of nitrogens with zero attached hydrogens (tertiary/aromatic N) is 1. The second kappa shape index (κ2) is 7.20. The smallest absolute Gasteiger partial charge is 0.0589 e. The van der Waals surface area contributed by atoms with Crippen LogP contribution in [0.15, 0.2) is 0 Å². The Bertz CT molecular complexity index is 158. The van der Waals surface area contributed by atoms with Gasteiger partial charge >= 0.3 is 0 Å². The topological polar surface area (TPSA) is 24.5 Å². The standard InChI is InChI=1S/C12H26N2O/c1-11(2)14(9-10-15-3)8-4-7-13-12-5-6-12/h11-13H,4-10H2,1-3H3. The van der Waals surface area contributed by atoms with E-state index in [1.165, 1.54) is 32.4 Å². The van der Waals surface area contributed by atoms with Crippen LogP contribution >= 0.6 is 0 Å². The molecule has 15 heavy (non-hydrogen) atoms. The van der Waals surface area contributed by atoms with E-state index in [9.17, 15) is 0 Å². The highest BCUT2D eigenvalue weighted by molar-refractivity contribution is 4.80. The van der Waals surface area contributed by atoms with Gasteiger partial charge in [0, 0.05) is 25.7 Å². The number of nitrogens with one attached hydrogen (secondary N) is 1.